The number of anilines is 3. The van der Waals surface area contributed by atoms with Crippen molar-refractivity contribution >= 4 is 23.2 Å². The van der Waals surface area contributed by atoms with Gasteiger partial charge in [0.1, 0.15) is 5.69 Å². The van der Waals surface area contributed by atoms with Crippen molar-refractivity contribution in [3.63, 3.8) is 0 Å². The largest absolute Gasteiger partial charge is 1.00 e. The van der Waals surface area contributed by atoms with Crippen molar-refractivity contribution in [3.05, 3.63) is 41.1 Å². The van der Waals surface area contributed by atoms with Gasteiger partial charge in [-0.2, -0.15) is 0 Å². The van der Waals surface area contributed by atoms with Crippen LogP contribution in [0.3, 0.4) is 0 Å². The zero-order valence-corrected chi connectivity index (χ0v) is 20.4. The summed E-state index contributed by atoms with van der Waals surface area (Å²) >= 11 is 0. The summed E-state index contributed by atoms with van der Waals surface area (Å²) in [6, 6.07) is 3.69. The molecule has 3 heterocycles. The first-order valence-electron chi connectivity index (χ1n) is 9.52. The third-order valence-electron chi connectivity index (χ3n) is 4.43. The molecule has 0 saturated carbocycles. The molecule has 0 atom stereocenters. The van der Waals surface area contributed by atoms with E-state index >= 15 is 0 Å². The molecular formula is C21H28KN7O2. The van der Waals surface area contributed by atoms with Gasteiger partial charge in [0, 0.05) is 31.1 Å². The molecule has 5 N–H and O–H groups in total. The second-order valence-corrected chi connectivity index (χ2v) is 6.50. The third-order valence-corrected chi connectivity index (χ3v) is 4.43. The molecule has 1 amide bonds. The van der Waals surface area contributed by atoms with E-state index in [1.54, 1.807) is 18.3 Å². The smallest absolute Gasteiger partial charge is 0.667 e. The molecule has 0 aromatic carbocycles. The van der Waals surface area contributed by atoms with Gasteiger partial charge < -0.3 is 26.8 Å². The molecule has 1 saturated heterocycles. The average Bonchev–Trinajstić information content (AvgIpc) is 2.73. The van der Waals surface area contributed by atoms with E-state index < -0.39 is 5.91 Å². The van der Waals surface area contributed by atoms with E-state index in [0.29, 0.717) is 42.5 Å². The normalized spacial score (nSPS) is 13.1. The van der Waals surface area contributed by atoms with Gasteiger partial charge in [0.05, 0.1) is 5.69 Å². The van der Waals surface area contributed by atoms with Crippen LogP contribution in [0.2, 0.25) is 0 Å². The van der Waals surface area contributed by atoms with Gasteiger partial charge in [-0.05, 0) is 37.3 Å². The van der Waals surface area contributed by atoms with Crippen LogP contribution in [0, 0.1) is 11.8 Å². The number of hydrogen-bond acceptors (Lipinski definition) is 7. The van der Waals surface area contributed by atoms with Crippen LogP contribution in [0.25, 0.3) is 5.73 Å². The molecule has 0 bridgehead atoms. The number of nitrogens with zero attached hydrogens (tertiary/aromatic N) is 3. The Morgan fingerprint density at radius 3 is 2.71 bits per heavy atom. The summed E-state index contributed by atoms with van der Waals surface area (Å²) < 4.78 is 5.41. The fraction of sp³-hybridized carbons (Fsp3) is 0.429. The maximum atomic E-state index is 12.0. The molecule has 2 aromatic heterocycles. The van der Waals surface area contributed by atoms with Crippen molar-refractivity contribution in [2.45, 2.75) is 39.7 Å². The van der Waals surface area contributed by atoms with Gasteiger partial charge >= 0.3 is 51.4 Å². The van der Waals surface area contributed by atoms with Crippen molar-refractivity contribution in [2.75, 3.05) is 30.4 Å². The summed E-state index contributed by atoms with van der Waals surface area (Å²) in [5, 5.41) is 6.54. The number of nitrogens with one attached hydrogen (secondary N) is 3. The molecule has 1 aliphatic rings. The van der Waals surface area contributed by atoms with Crippen LogP contribution in [-0.2, 0) is 11.2 Å². The number of amides is 1. The first-order valence-corrected chi connectivity index (χ1v) is 9.52. The fourth-order valence-corrected chi connectivity index (χ4v) is 2.97. The molecule has 1 aliphatic heterocycles. The number of ether oxygens (including phenoxy) is 1. The summed E-state index contributed by atoms with van der Waals surface area (Å²) in [5.74, 6) is 5.71. The van der Waals surface area contributed by atoms with Crippen molar-refractivity contribution < 1.29 is 60.9 Å². The summed E-state index contributed by atoms with van der Waals surface area (Å²) in [5.41, 5.74) is 14.6. The van der Waals surface area contributed by atoms with E-state index in [2.05, 4.69) is 37.4 Å². The van der Waals surface area contributed by atoms with E-state index in [-0.39, 0.29) is 82.9 Å². The SMILES string of the molecule is C.CCc1nc(C(N)=O)c(Nc2ccnc(C#CC[NH-])c2)nc1NC1CCOCC1.[K+]. The van der Waals surface area contributed by atoms with Crippen LogP contribution in [0.1, 0.15) is 49.1 Å². The Morgan fingerprint density at radius 1 is 1.32 bits per heavy atom. The number of nitrogens with two attached hydrogens (primary N) is 1. The third kappa shape index (κ3) is 7.80. The molecule has 0 spiro atoms. The Kier molecular flexibility index (Phi) is 12.2. The monoisotopic (exact) mass is 449 g/mol. The Hall–Kier alpha value is -1.58. The van der Waals surface area contributed by atoms with E-state index in [9.17, 15) is 4.79 Å². The summed E-state index contributed by atoms with van der Waals surface area (Å²) in [6.07, 6.45) is 3.97. The molecule has 31 heavy (non-hydrogen) atoms. The molecule has 0 radical (unpaired) electrons. The van der Waals surface area contributed by atoms with Crippen LogP contribution < -0.4 is 67.8 Å². The van der Waals surface area contributed by atoms with Crippen molar-refractivity contribution in [2.24, 2.45) is 5.73 Å². The number of carbonyl (C=O) groups excluding carboxylic acids is 1. The number of aromatic nitrogens is 3. The van der Waals surface area contributed by atoms with Gasteiger partial charge in [-0.1, -0.05) is 20.9 Å². The van der Waals surface area contributed by atoms with Crippen molar-refractivity contribution in [3.8, 4) is 11.8 Å². The van der Waals surface area contributed by atoms with E-state index in [0.717, 1.165) is 12.8 Å². The molecular weight excluding hydrogens is 421 g/mol. The van der Waals surface area contributed by atoms with E-state index in [4.69, 9.17) is 16.2 Å². The second kappa shape index (κ2) is 13.7. The predicted molar refractivity (Wildman–Crippen MR) is 118 cm³/mol. The van der Waals surface area contributed by atoms with Crippen LogP contribution in [0.5, 0.6) is 0 Å². The molecule has 160 valence electrons. The minimum atomic E-state index is -0.657. The maximum absolute atomic E-state index is 12.0. The van der Waals surface area contributed by atoms with Gasteiger partial charge in [0.15, 0.2) is 17.3 Å². The number of aryl methyl sites for hydroxylation is 1. The van der Waals surface area contributed by atoms with Crippen LogP contribution >= 0.6 is 0 Å². The van der Waals surface area contributed by atoms with Crippen LogP contribution in [-0.4, -0.2) is 46.7 Å². The Bertz CT molecular complexity index is 937. The maximum Gasteiger partial charge on any atom is 1.00 e. The molecule has 10 heteroatoms. The summed E-state index contributed by atoms with van der Waals surface area (Å²) in [4.78, 5) is 25.2. The molecule has 9 nitrogen and oxygen atoms in total. The summed E-state index contributed by atoms with van der Waals surface area (Å²) in [7, 11) is 0. The Labute approximate surface area is 226 Å². The van der Waals surface area contributed by atoms with E-state index in [1.807, 2.05) is 6.92 Å². The van der Waals surface area contributed by atoms with Gasteiger partial charge in [-0.25, -0.2) is 15.0 Å². The van der Waals surface area contributed by atoms with E-state index in [1.165, 1.54) is 0 Å². The molecule has 2 aromatic rings. The topological polar surface area (TPSA) is 139 Å². The number of hydrogen-bond donors (Lipinski definition) is 3. The quantitative estimate of drug-likeness (QED) is 0.414. The van der Waals surface area contributed by atoms with Crippen LogP contribution in [0.4, 0.5) is 17.3 Å². The van der Waals surface area contributed by atoms with Crippen LogP contribution in [0.15, 0.2) is 18.3 Å². The molecule has 1 fully saturated rings. The fourth-order valence-electron chi connectivity index (χ4n) is 2.97. The van der Waals surface area contributed by atoms with Gasteiger partial charge in [-0.3, -0.25) is 4.79 Å². The van der Waals surface area contributed by atoms with Gasteiger partial charge in [0.2, 0.25) is 0 Å². The van der Waals surface area contributed by atoms with Crippen molar-refractivity contribution in [1.82, 2.24) is 15.0 Å². The first-order chi connectivity index (χ1) is 14.1. The van der Waals surface area contributed by atoms with Gasteiger partial charge in [-0.15, -0.1) is 5.92 Å². The Balaban J connectivity index is 0.00000240. The molecule has 3 rings (SSSR count). The number of rotatable bonds is 6. The number of primary amides is 1. The molecule has 0 aliphatic carbocycles. The van der Waals surface area contributed by atoms with Crippen molar-refractivity contribution in [1.29, 1.82) is 0 Å². The second-order valence-electron chi connectivity index (χ2n) is 6.50. The minimum Gasteiger partial charge on any atom is -0.667 e. The average molecular weight is 450 g/mol. The number of carbonyl (C=O) groups is 1. The Morgan fingerprint density at radius 2 is 2.06 bits per heavy atom. The first kappa shape index (κ1) is 27.5. The standard InChI is InChI=1S/C20H24N7O2.CH4.K/c1-2-16-19(24-13-6-10-29-11-7-13)27-20(17(26-16)18(22)28)25-15-5-9-23-14(12-15)4-3-8-21;;/h5,9,12-13,21H,2,6-8,10-11H2,1H3,(H2,22,28)(H2,23,24,25,27);1H4;/q-1;;+1. The number of pyridine rings is 1. The predicted octanol–water partition coefficient (Wildman–Crippen LogP) is -0.0888. The zero-order valence-electron chi connectivity index (χ0n) is 17.3. The minimum absolute atomic E-state index is 0. The molecule has 0 unspecified atom stereocenters. The van der Waals surface area contributed by atoms with Gasteiger partial charge in [0.25, 0.3) is 5.91 Å². The zero-order chi connectivity index (χ0) is 20.6. The summed E-state index contributed by atoms with van der Waals surface area (Å²) in [6.45, 7) is 3.36.